The molecule has 0 aromatic heterocycles. The average molecular weight is 481 g/mol. The molecular weight excluding hydrogens is 452 g/mol. The summed E-state index contributed by atoms with van der Waals surface area (Å²) in [5.41, 5.74) is 0.781. The van der Waals surface area contributed by atoms with Crippen molar-refractivity contribution in [3.8, 4) is 0 Å². The molecule has 1 aliphatic rings. The van der Waals surface area contributed by atoms with Gasteiger partial charge in [-0.1, -0.05) is 49.4 Å². The van der Waals surface area contributed by atoms with Gasteiger partial charge in [0.25, 0.3) is 5.69 Å². The zero-order valence-electron chi connectivity index (χ0n) is 20.0. The highest BCUT2D eigenvalue weighted by Crippen LogP contribution is 2.40. The van der Waals surface area contributed by atoms with Gasteiger partial charge in [-0.05, 0) is 31.4 Å². The highest BCUT2D eigenvalue weighted by Gasteiger charge is 2.39. The molecule has 0 aliphatic carbocycles. The van der Waals surface area contributed by atoms with E-state index in [4.69, 9.17) is 9.47 Å². The Morgan fingerprint density at radius 2 is 1.74 bits per heavy atom. The van der Waals surface area contributed by atoms with Gasteiger partial charge in [-0.15, -0.1) is 0 Å². The summed E-state index contributed by atoms with van der Waals surface area (Å²) in [5, 5.41) is 24.3. The van der Waals surface area contributed by atoms with Gasteiger partial charge in [0.1, 0.15) is 12.2 Å². The van der Waals surface area contributed by atoms with Crippen LogP contribution >= 0.6 is 0 Å². The van der Waals surface area contributed by atoms with E-state index >= 15 is 0 Å². The van der Waals surface area contributed by atoms with Crippen molar-refractivity contribution in [1.29, 1.82) is 0 Å². The zero-order valence-corrected chi connectivity index (χ0v) is 20.0. The van der Waals surface area contributed by atoms with E-state index in [-0.39, 0.29) is 23.4 Å². The van der Waals surface area contributed by atoms with Crippen LogP contribution in [0.5, 0.6) is 0 Å². The molecule has 35 heavy (non-hydrogen) atoms. The summed E-state index contributed by atoms with van der Waals surface area (Å²) in [7, 11) is 1.54. The van der Waals surface area contributed by atoms with Crippen LogP contribution in [0.4, 0.5) is 5.69 Å². The molecule has 184 valence electrons. The van der Waals surface area contributed by atoms with E-state index in [0.717, 1.165) is 5.56 Å². The second kappa shape index (κ2) is 10.5. The quantitative estimate of drug-likeness (QED) is 0.307. The van der Waals surface area contributed by atoms with Crippen molar-refractivity contribution in [2.75, 3.05) is 13.7 Å². The van der Waals surface area contributed by atoms with Crippen LogP contribution in [-0.4, -0.2) is 35.7 Å². The van der Waals surface area contributed by atoms with E-state index in [1.165, 1.54) is 25.3 Å². The largest absolute Gasteiger partial charge is 0.478 e. The topological polar surface area (TPSA) is 128 Å². The summed E-state index contributed by atoms with van der Waals surface area (Å²) in [5.74, 6) is -3.03. The Morgan fingerprint density at radius 1 is 1.09 bits per heavy atom. The van der Waals surface area contributed by atoms with E-state index in [9.17, 15) is 24.8 Å². The summed E-state index contributed by atoms with van der Waals surface area (Å²) in [6.45, 7) is 5.04. The third kappa shape index (κ3) is 5.09. The number of nitrogens with zero attached hydrogens (tertiary/aromatic N) is 1. The van der Waals surface area contributed by atoms with Crippen LogP contribution in [0, 0.1) is 10.1 Å². The number of methoxy groups -OCH3 is 1. The van der Waals surface area contributed by atoms with Crippen molar-refractivity contribution in [3.63, 3.8) is 0 Å². The Morgan fingerprint density at radius 3 is 2.31 bits per heavy atom. The normalized spacial score (nSPS) is 17.4. The molecule has 0 saturated heterocycles. The second-order valence-electron chi connectivity index (χ2n) is 8.29. The Hall–Kier alpha value is -3.98. The molecule has 2 aromatic carbocycles. The lowest BCUT2D eigenvalue weighted by Gasteiger charge is -2.33. The van der Waals surface area contributed by atoms with Crippen molar-refractivity contribution in [2.45, 2.75) is 38.7 Å². The minimum Gasteiger partial charge on any atom is -0.478 e. The molecule has 1 heterocycles. The molecule has 0 saturated carbocycles. The molecule has 0 fully saturated rings. The van der Waals surface area contributed by atoms with Gasteiger partial charge in [-0.2, -0.15) is 0 Å². The summed E-state index contributed by atoms with van der Waals surface area (Å²) in [4.78, 5) is 36.5. The van der Waals surface area contributed by atoms with E-state index in [0.29, 0.717) is 23.4 Å². The van der Waals surface area contributed by atoms with Crippen molar-refractivity contribution in [1.82, 2.24) is 5.32 Å². The van der Waals surface area contributed by atoms with E-state index in [1.54, 1.807) is 19.9 Å². The number of nitrogens with one attached hydrogen (secondary N) is 1. The summed E-state index contributed by atoms with van der Waals surface area (Å²) >= 11 is 0. The number of carbonyl (C=O) groups is 2. The summed E-state index contributed by atoms with van der Waals surface area (Å²) in [6.07, 6.45) is 0.519. The Bertz CT molecular complexity index is 1200. The van der Waals surface area contributed by atoms with Gasteiger partial charge in [0, 0.05) is 30.6 Å². The number of allylic oxidation sites excluding steroid dienone is 2. The van der Waals surface area contributed by atoms with Gasteiger partial charge in [0.2, 0.25) is 0 Å². The maximum atomic E-state index is 13.5. The first-order valence-corrected chi connectivity index (χ1v) is 11.1. The van der Waals surface area contributed by atoms with Gasteiger partial charge in [-0.3, -0.25) is 10.1 Å². The van der Waals surface area contributed by atoms with Gasteiger partial charge >= 0.3 is 11.9 Å². The number of hydrogen-bond donors (Lipinski definition) is 2. The standard InChI is InChI=1S/C26H28N2O7/c1-5-26(34-4,19-11-7-6-8-12-19)15-35-25(31)22-17(3)27-16(2)21(24(29)30)23(22)18-10-9-13-20(14-18)28(32)33/h6-14,23,27H,5,15H2,1-4H3,(H,29,30)/t23?,26-/m1/s1. The highest BCUT2D eigenvalue weighted by molar-refractivity contribution is 5.99. The number of non-ortho nitro benzene ring substituents is 1. The van der Waals surface area contributed by atoms with Crippen LogP contribution in [0.25, 0.3) is 0 Å². The monoisotopic (exact) mass is 480 g/mol. The lowest BCUT2D eigenvalue weighted by atomic mass is 9.80. The van der Waals surface area contributed by atoms with Crippen molar-refractivity contribution in [3.05, 3.63) is 98.4 Å². The number of nitro benzene ring substituents is 1. The number of esters is 1. The third-order valence-electron chi connectivity index (χ3n) is 6.32. The highest BCUT2D eigenvalue weighted by atomic mass is 16.6. The Kier molecular flexibility index (Phi) is 7.71. The molecule has 2 aromatic rings. The maximum Gasteiger partial charge on any atom is 0.336 e. The number of aliphatic carboxylic acids is 1. The van der Waals surface area contributed by atoms with Crippen molar-refractivity contribution in [2.24, 2.45) is 0 Å². The molecule has 0 amide bonds. The SMILES string of the molecule is CC[C@](COC(=O)C1=C(C)NC(C)=C(C(=O)O)C1c1cccc([N+](=O)[O-])c1)(OC)c1ccccc1. The number of dihydropyridines is 1. The number of benzene rings is 2. The fourth-order valence-electron chi connectivity index (χ4n) is 4.41. The molecule has 9 nitrogen and oxygen atoms in total. The fourth-order valence-corrected chi connectivity index (χ4v) is 4.41. The van der Waals surface area contributed by atoms with Crippen LogP contribution in [0.1, 0.15) is 44.2 Å². The number of hydrogen-bond acceptors (Lipinski definition) is 7. The van der Waals surface area contributed by atoms with Gasteiger partial charge in [-0.25, -0.2) is 9.59 Å². The van der Waals surface area contributed by atoms with Crippen molar-refractivity contribution < 1.29 is 29.1 Å². The van der Waals surface area contributed by atoms with Crippen LogP contribution < -0.4 is 5.32 Å². The van der Waals surface area contributed by atoms with E-state index < -0.39 is 28.4 Å². The predicted octanol–water partition coefficient (Wildman–Crippen LogP) is 4.41. The smallest absolute Gasteiger partial charge is 0.336 e. The third-order valence-corrected chi connectivity index (χ3v) is 6.32. The lowest BCUT2D eigenvalue weighted by molar-refractivity contribution is -0.384. The Labute approximate surface area is 203 Å². The number of carbonyl (C=O) groups excluding carboxylic acids is 1. The lowest BCUT2D eigenvalue weighted by Crippen LogP contribution is -2.37. The molecule has 3 rings (SSSR count). The molecule has 0 radical (unpaired) electrons. The first-order chi connectivity index (χ1) is 16.6. The first-order valence-electron chi connectivity index (χ1n) is 11.1. The van der Waals surface area contributed by atoms with Crippen LogP contribution in [0.3, 0.4) is 0 Å². The zero-order chi connectivity index (χ0) is 25.8. The van der Waals surface area contributed by atoms with Crippen LogP contribution in [-0.2, 0) is 24.7 Å². The molecule has 1 unspecified atom stereocenters. The minimum atomic E-state index is -1.24. The first kappa shape index (κ1) is 25.6. The van der Waals surface area contributed by atoms with Crippen LogP contribution in [0.2, 0.25) is 0 Å². The van der Waals surface area contributed by atoms with Gasteiger partial charge < -0.3 is 19.9 Å². The van der Waals surface area contributed by atoms with E-state index in [1.807, 2.05) is 37.3 Å². The number of carboxylic acids is 1. The average Bonchev–Trinajstić information content (AvgIpc) is 2.84. The molecule has 1 aliphatic heterocycles. The maximum absolute atomic E-state index is 13.5. The second-order valence-corrected chi connectivity index (χ2v) is 8.29. The summed E-state index contributed by atoms with van der Waals surface area (Å²) in [6, 6.07) is 15.0. The molecule has 2 N–H and O–H groups in total. The molecular formula is C26H28N2O7. The fraction of sp³-hybridized carbons (Fsp3) is 0.308. The van der Waals surface area contributed by atoms with E-state index in [2.05, 4.69) is 5.32 Å². The number of ether oxygens (including phenoxy) is 2. The molecule has 0 bridgehead atoms. The van der Waals surface area contributed by atoms with Crippen LogP contribution in [0.15, 0.2) is 77.1 Å². The minimum absolute atomic E-state index is 0.0719. The van der Waals surface area contributed by atoms with Gasteiger partial charge in [0.15, 0.2) is 0 Å². The number of nitro groups is 1. The number of rotatable bonds is 9. The molecule has 9 heteroatoms. The molecule has 0 spiro atoms. The van der Waals surface area contributed by atoms with Crippen molar-refractivity contribution >= 4 is 17.6 Å². The predicted molar refractivity (Wildman–Crippen MR) is 128 cm³/mol. The summed E-state index contributed by atoms with van der Waals surface area (Å²) < 4.78 is 11.5. The number of carboxylic acid groups (broad SMARTS) is 1. The molecule has 2 atom stereocenters. The van der Waals surface area contributed by atoms with Gasteiger partial charge in [0.05, 0.1) is 22.0 Å². The Balaban J connectivity index is 2.03.